The van der Waals surface area contributed by atoms with E-state index in [4.69, 9.17) is 0 Å². The van der Waals surface area contributed by atoms with Crippen molar-refractivity contribution in [2.24, 2.45) is 0 Å². The summed E-state index contributed by atoms with van der Waals surface area (Å²) in [5.41, 5.74) is 2.74. The first-order chi connectivity index (χ1) is 15.1. The van der Waals surface area contributed by atoms with Gasteiger partial charge in [-0.25, -0.2) is 18.1 Å². The molecule has 7 nitrogen and oxygen atoms in total. The Labute approximate surface area is 188 Å². The Morgan fingerprint density at radius 1 is 1.00 bits per heavy atom. The molecule has 1 aliphatic heterocycles. The molecule has 0 aliphatic carbocycles. The lowest BCUT2D eigenvalue weighted by molar-refractivity contribution is 0.102. The van der Waals surface area contributed by atoms with Crippen LogP contribution in [0, 0.1) is 0 Å². The summed E-state index contributed by atoms with van der Waals surface area (Å²) in [4.78, 5) is 17.3. The quantitative estimate of drug-likeness (QED) is 0.606. The molecule has 8 heteroatoms. The molecule has 0 fully saturated rings. The zero-order valence-electron chi connectivity index (χ0n) is 18.6. The van der Waals surface area contributed by atoms with Gasteiger partial charge in [-0.3, -0.25) is 4.79 Å². The van der Waals surface area contributed by atoms with Crippen LogP contribution in [-0.2, 0) is 23.0 Å². The van der Waals surface area contributed by atoms with Gasteiger partial charge in [0.2, 0.25) is 10.0 Å². The summed E-state index contributed by atoms with van der Waals surface area (Å²) in [6.45, 7) is 6.32. The summed E-state index contributed by atoms with van der Waals surface area (Å²) in [6.07, 6.45) is 5.38. The molecule has 0 spiro atoms. The Bertz CT molecular complexity index is 1220. The van der Waals surface area contributed by atoms with Crippen molar-refractivity contribution in [2.45, 2.75) is 57.0 Å². The van der Waals surface area contributed by atoms with Crippen LogP contribution in [0.4, 0.5) is 5.69 Å². The minimum Gasteiger partial charge on any atom is -0.328 e. The number of benzene rings is 2. The molecule has 0 bridgehead atoms. The van der Waals surface area contributed by atoms with Crippen LogP contribution in [0.2, 0.25) is 0 Å². The average molecular weight is 453 g/mol. The molecular formula is C24H28N4O3S. The van der Waals surface area contributed by atoms with Gasteiger partial charge in [-0.15, -0.1) is 0 Å². The fourth-order valence-corrected chi connectivity index (χ4v) is 5.24. The fourth-order valence-electron chi connectivity index (χ4n) is 3.82. The number of amides is 1. The van der Waals surface area contributed by atoms with Crippen molar-refractivity contribution >= 4 is 21.6 Å². The minimum atomic E-state index is -3.64. The molecule has 0 saturated heterocycles. The molecule has 2 N–H and O–H groups in total. The van der Waals surface area contributed by atoms with E-state index < -0.39 is 15.6 Å². The lowest BCUT2D eigenvalue weighted by Crippen LogP contribution is -2.40. The zero-order valence-corrected chi connectivity index (χ0v) is 19.4. The molecule has 3 aromatic rings. The highest BCUT2D eigenvalue weighted by molar-refractivity contribution is 7.89. The number of fused-ring (bicyclic) bond motifs is 1. The number of aromatic nitrogens is 2. The van der Waals surface area contributed by atoms with Gasteiger partial charge in [0, 0.05) is 40.8 Å². The second-order valence-corrected chi connectivity index (χ2v) is 10.8. The van der Waals surface area contributed by atoms with Crippen LogP contribution < -0.4 is 10.0 Å². The predicted octanol–water partition coefficient (Wildman–Crippen LogP) is 4.22. The summed E-state index contributed by atoms with van der Waals surface area (Å²) < 4.78 is 29.7. The highest BCUT2D eigenvalue weighted by Crippen LogP contribution is 2.26. The second-order valence-electron chi connectivity index (χ2n) is 9.09. The van der Waals surface area contributed by atoms with Crippen LogP contribution in [-0.4, -0.2) is 29.4 Å². The molecule has 1 aromatic heterocycles. The number of aryl methyl sites for hydroxylation is 1. The van der Waals surface area contributed by atoms with E-state index in [1.165, 1.54) is 36.4 Å². The summed E-state index contributed by atoms with van der Waals surface area (Å²) >= 11 is 0. The summed E-state index contributed by atoms with van der Waals surface area (Å²) in [5, 5.41) is 2.86. The average Bonchev–Trinajstić information content (AvgIpc) is 3.17. The van der Waals surface area contributed by atoms with E-state index in [1.54, 1.807) is 20.8 Å². The van der Waals surface area contributed by atoms with Gasteiger partial charge in [0.1, 0.15) is 5.82 Å². The topological polar surface area (TPSA) is 93.1 Å². The predicted molar refractivity (Wildman–Crippen MR) is 125 cm³/mol. The number of carbonyl (C=O) groups is 1. The van der Waals surface area contributed by atoms with Crippen LogP contribution in [0.15, 0.2) is 59.6 Å². The van der Waals surface area contributed by atoms with Crippen molar-refractivity contribution < 1.29 is 13.2 Å². The maximum atomic E-state index is 12.6. The Balaban J connectivity index is 1.45. The van der Waals surface area contributed by atoms with Crippen LogP contribution in [0.5, 0.6) is 0 Å². The molecule has 32 heavy (non-hydrogen) atoms. The van der Waals surface area contributed by atoms with Crippen LogP contribution in [0.3, 0.4) is 0 Å². The number of imidazole rings is 1. The molecule has 0 saturated carbocycles. The third kappa shape index (κ3) is 4.92. The van der Waals surface area contributed by atoms with E-state index in [9.17, 15) is 13.2 Å². The minimum absolute atomic E-state index is 0.122. The monoisotopic (exact) mass is 452 g/mol. The lowest BCUT2D eigenvalue weighted by Gasteiger charge is -2.20. The van der Waals surface area contributed by atoms with Gasteiger partial charge in [0.05, 0.1) is 4.90 Å². The number of sulfonamides is 1. The first kappa shape index (κ1) is 22.2. The Hall–Kier alpha value is -2.97. The molecule has 1 aliphatic rings. The molecule has 0 atom stereocenters. The van der Waals surface area contributed by atoms with Crippen LogP contribution in [0.25, 0.3) is 11.4 Å². The number of nitrogens with one attached hydrogen (secondary N) is 2. The van der Waals surface area contributed by atoms with Gasteiger partial charge in [-0.05, 0) is 88.6 Å². The Morgan fingerprint density at radius 3 is 2.34 bits per heavy atom. The number of carbonyl (C=O) groups excluding carboxylic acids is 1. The molecule has 1 amide bonds. The largest absolute Gasteiger partial charge is 0.328 e. The first-order valence-electron chi connectivity index (χ1n) is 10.7. The van der Waals surface area contributed by atoms with Crippen LogP contribution >= 0.6 is 0 Å². The summed E-state index contributed by atoms with van der Waals surface area (Å²) in [5.74, 6) is 0.655. The van der Waals surface area contributed by atoms with E-state index in [1.807, 2.05) is 30.5 Å². The number of nitrogens with zero attached hydrogens (tertiary/aromatic N) is 2. The van der Waals surface area contributed by atoms with Crippen molar-refractivity contribution in [3.63, 3.8) is 0 Å². The maximum Gasteiger partial charge on any atom is 0.255 e. The number of rotatable bonds is 5. The van der Waals surface area contributed by atoms with Gasteiger partial charge >= 0.3 is 0 Å². The Kier molecular flexibility index (Phi) is 5.92. The molecule has 0 radical (unpaired) electrons. The second kappa shape index (κ2) is 8.52. The van der Waals surface area contributed by atoms with Crippen molar-refractivity contribution in [2.75, 3.05) is 5.32 Å². The normalized spacial score (nSPS) is 14.1. The highest BCUT2D eigenvalue weighted by atomic mass is 32.2. The SMILES string of the molecule is CC(C)(C)NS(=O)(=O)c1ccc(C(=O)Nc2ccc(-c3ncc4n3CCCC4)cc2)cc1. The van der Waals surface area contributed by atoms with E-state index in [2.05, 4.69) is 19.6 Å². The third-order valence-corrected chi connectivity index (χ3v) is 7.05. The van der Waals surface area contributed by atoms with E-state index >= 15 is 0 Å². The smallest absolute Gasteiger partial charge is 0.255 e. The van der Waals surface area contributed by atoms with Crippen molar-refractivity contribution in [3.8, 4) is 11.4 Å². The van der Waals surface area contributed by atoms with E-state index in [-0.39, 0.29) is 10.8 Å². The summed E-state index contributed by atoms with van der Waals surface area (Å²) in [7, 11) is -3.64. The zero-order chi connectivity index (χ0) is 22.9. The number of hydrogen-bond donors (Lipinski definition) is 2. The van der Waals surface area contributed by atoms with E-state index in [0.29, 0.717) is 11.3 Å². The van der Waals surface area contributed by atoms with Gasteiger partial charge < -0.3 is 9.88 Å². The molecule has 168 valence electrons. The van der Waals surface area contributed by atoms with Crippen molar-refractivity contribution in [3.05, 3.63) is 66.0 Å². The molecule has 4 rings (SSSR count). The Morgan fingerprint density at radius 2 is 1.69 bits per heavy atom. The van der Waals surface area contributed by atoms with Gasteiger partial charge in [0.25, 0.3) is 5.91 Å². The standard InChI is InChI=1S/C24H28N4O3S/c1-24(2,3)27-32(30,31)21-13-9-18(10-14-21)23(29)26-19-11-7-17(8-12-19)22-25-16-20-6-4-5-15-28(20)22/h7-14,16,27H,4-6,15H2,1-3H3,(H,26,29). The molecule has 2 aromatic carbocycles. The lowest BCUT2D eigenvalue weighted by atomic mass is 10.1. The van der Waals surface area contributed by atoms with Crippen molar-refractivity contribution in [1.82, 2.24) is 14.3 Å². The van der Waals surface area contributed by atoms with Gasteiger partial charge in [0.15, 0.2) is 0 Å². The molecule has 0 unspecified atom stereocenters. The first-order valence-corrected chi connectivity index (χ1v) is 12.2. The third-order valence-electron chi connectivity index (χ3n) is 5.27. The summed E-state index contributed by atoms with van der Waals surface area (Å²) in [6, 6.07) is 13.5. The maximum absolute atomic E-state index is 12.6. The molecule has 2 heterocycles. The van der Waals surface area contributed by atoms with Gasteiger partial charge in [-0.1, -0.05) is 0 Å². The van der Waals surface area contributed by atoms with Crippen LogP contribution in [0.1, 0.15) is 49.7 Å². The van der Waals surface area contributed by atoms with Gasteiger partial charge in [-0.2, -0.15) is 0 Å². The van der Waals surface area contributed by atoms with E-state index in [0.717, 1.165) is 30.8 Å². The number of hydrogen-bond acceptors (Lipinski definition) is 4. The number of anilines is 1. The molecular weight excluding hydrogens is 424 g/mol. The fraction of sp³-hybridized carbons (Fsp3) is 0.333. The highest BCUT2D eigenvalue weighted by Gasteiger charge is 2.22. The van der Waals surface area contributed by atoms with Crippen molar-refractivity contribution in [1.29, 1.82) is 0 Å².